The van der Waals surface area contributed by atoms with E-state index >= 15 is 0 Å². The van der Waals surface area contributed by atoms with Crippen molar-refractivity contribution in [2.45, 2.75) is 25.0 Å². The zero-order chi connectivity index (χ0) is 26.5. The number of fused-ring (bicyclic) bond motifs is 1. The van der Waals surface area contributed by atoms with Crippen LogP contribution >= 0.6 is 11.6 Å². The lowest BCUT2D eigenvalue weighted by atomic mass is 9.93. The van der Waals surface area contributed by atoms with Crippen molar-refractivity contribution in [1.29, 1.82) is 0 Å². The highest BCUT2D eigenvalue weighted by Crippen LogP contribution is 2.31. The molecule has 5 rings (SSSR count). The van der Waals surface area contributed by atoms with E-state index in [9.17, 15) is 9.59 Å². The average molecular weight is 530 g/mol. The van der Waals surface area contributed by atoms with Crippen molar-refractivity contribution in [3.63, 3.8) is 0 Å². The van der Waals surface area contributed by atoms with Crippen LogP contribution in [0.1, 0.15) is 23.6 Å². The van der Waals surface area contributed by atoms with E-state index in [0.29, 0.717) is 18.1 Å². The van der Waals surface area contributed by atoms with E-state index in [1.165, 1.54) is 5.69 Å². The van der Waals surface area contributed by atoms with Gasteiger partial charge in [-0.2, -0.15) is 0 Å². The molecule has 38 heavy (non-hydrogen) atoms. The third kappa shape index (κ3) is 5.75. The van der Waals surface area contributed by atoms with Gasteiger partial charge in [0.25, 0.3) is 0 Å². The number of hydrogen-bond donors (Lipinski definition) is 3. The summed E-state index contributed by atoms with van der Waals surface area (Å²) in [4.78, 5) is 34.5. The summed E-state index contributed by atoms with van der Waals surface area (Å²) in [7, 11) is 0. The highest BCUT2D eigenvalue weighted by molar-refractivity contribution is 6.31. The van der Waals surface area contributed by atoms with E-state index in [2.05, 4.69) is 32.2 Å². The van der Waals surface area contributed by atoms with Gasteiger partial charge in [-0.1, -0.05) is 66.2 Å². The van der Waals surface area contributed by atoms with Crippen molar-refractivity contribution >= 4 is 39.9 Å². The van der Waals surface area contributed by atoms with Gasteiger partial charge >= 0.3 is 0 Å². The van der Waals surface area contributed by atoms with Crippen molar-refractivity contribution in [3.05, 3.63) is 101 Å². The van der Waals surface area contributed by atoms with Gasteiger partial charge in [-0.25, -0.2) is 0 Å². The molecule has 1 aliphatic heterocycles. The molecule has 0 spiro atoms. The molecule has 1 fully saturated rings. The Morgan fingerprint density at radius 1 is 0.921 bits per heavy atom. The Morgan fingerprint density at radius 2 is 1.61 bits per heavy atom. The zero-order valence-corrected chi connectivity index (χ0v) is 21.9. The predicted octanol–water partition coefficient (Wildman–Crippen LogP) is 4.29. The number of halogens is 1. The molecule has 2 heterocycles. The van der Waals surface area contributed by atoms with E-state index in [1.54, 1.807) is 6.07 Å². The number of nitrogens with one attached hydrogen (secondary N) is 2. The summed E-state index contributed by atoms with van der Waals surface area (Å²) in [6, 6.07) is 24.1. The number of nitrogens with two attached hydrogens (primary N) is 1. The van der Waals surface area contributed by atoms with E-state index in [-0.39, 0.29) is 24.7 Å². The molecule has 0 aliphatic carbocycles. The highest BCUT2D eigenvalue weighted by atomic mass is 35.5. The molecule has 8 heteroatoms. The molecule has 1 aromatic heterocycles. The Bertz CT molecular complexity index is 1400. The normalized spacial score (nSPS) is 15.8. The monoisotopic (exact) mass is 529 g/mol. The molecule has 0 radical (unpaired) electrons. The number of rotatable bonds is 9. The number of anilines is 1. The first-order chi connectivity index (χ1) is 18.5. The number of piperazine rings is 1. The first-order valence-electron chi connectivity index (χ1n) is 12.9. The smallest absolute Gasteiger partial charge is 0.222 e. The summed E-state index contributed by atoms with van der Waals surface area (Å²) in [5.74, 6) is -0.437. The number of benzene rings is 3. The molecule has 1 aliphatic rings. The number of amides is 1. The van der Waals surface area contributed by atoms with Crippen molar-refractivity contribution in [1.82, 2.24) is 15.2 Å². The first-order valence-corrected chi connectivity index (χ1v) is 13.3. The van der Waals surface area contributed by atoms with Crippen LogP contribution in [0, 0.1) is 0 Å². The van der Waals surface area contributed by atoms with Gasteiger partial charge < -0.3 is 20.9 Å². The van der Waals surface area contributed by atoms with Crippen molar-refractivity contribution in [2.75, 3.05) is 31.1 Å². The number of Topliss-reactive ketones (excluding diaryl/α,β-unsaturated/α-hetero) is 1. The molecule has 2 unspecified atom stereocenters. The molecular formula is C30H32ClN5O2. The van der Waals surface area contributed by atoms with E-state index in [0.717, 1.165) is 35.1 Å². The lowest BCUT2D eigenvalue weighted by Gasteiger charge is -2.40. The van der Waals surface area contributed by atoms with E-state index in [1.807, 2.05) is 66.9 Å². The van der Waals surface area contributed by atoms with Gasteiger partial charge in [0.1, 0.15) is 0 Å². The first kappa shape index (κ1) is 26.0. The van der Waals surface area contributed by atoms with Crippen LogP contribution in [0.2, 0.25) is 5.02 Å². The topological polar surface area (TPSA) is 94.5 Å². The number of H-pyrrole nitrogens is 1. The number of para-hydroxylation sites is 2. The molecule has 4 N–H and O–H groups in total. The van der Waals surface area contributed by atoms with Crippen molar-refractivity contribution in [3.8, 4) is 0 Å². The summed E-state index contributed by atoms with van der Waals surface area (Å²) in [6.07, 6.45) is 1.81. The third-order valence-electron chi connectivity index (χ3n) is 7.19. The van der Waals surface area contributed by atoms with Gasteiger partial charge in [0.2, 0.25) is 5.91 Å². The molecule has 3 aromatic carbocycles. The maximum Gasteiger partial charge on any atom is 0.222 e. The Kier molecular flexibility index (Phi) is 8.08. The second-order valence-corrected chi connectivity index (χ2v) is 10.0. The van der Waals surface area contributed by atoms with E-state index < -0.39 is 12.1 Å². The molecule has 7 nitrogen and oxygen atoms in total. The van der Waals surface area contributed by atoms with Crippen LogP contribution in [0.15, 0.2) is 85.1 Å². The molecule has 2 atom stereocenters. The molecule has 0 saturated carbocycles. The van der Waals surface area contributed by atoms with Gasteiger partial charge in [0.05, 0.1) is 12.1 Å². The molecule has 196 valence electrons. The fraction of sp³-hybridized carbons (Fsp3) is 0.267. The Morgan fingerprint density at radius 3 is 2.37 bits per heavy atom. The van der Waals surface area contributed by atoms with Crippen LogP contribution in [0.5, 0.6) is 0 Å². The van der Waals surface area contributed by atoms with Crippen LogP contribution in [0.25, 0.3) is 10.9 Å². The van der Waals surface area contributed by atoms with Crippen molar-refractivity contribution < 1.29 is 9.59 Å². The molecule has 0 bridgehead atoms. The largest absolute Gasteiger partial charge is 0.369 e. The number of aromatic amines is 1. The van der Waals surface area contributed by atoms with Crippen LogP contribution < -0.4 is 16.0 Å². The number of aromatic nitrogens is 1. The Balaban J connectivity index is 1.31. The van der Waals surface area contributed by atoms with Crippen LogP contribution in [0.4, 0.5) is 5.69 Å². The lowest BCUT2D eigenvalue weighted by molar-refractivity contribution is -0.130. The standard InChI is InChI=1S/C30H32ClN5O2/c31-25-12-6-4-8-21(25)19-34-28(37)18-26(32)30(38)29(24-20-33-27-13-7-5-11-23(24)27)36-16-14-35(15-17-36)22-9-2-1-3-10-22/h1-13,20,26,29,33H,14-19,32H2,(H,34,37). The number of hydrogen-bond acceptors (Lipinski definition) is 5. The number of carbonyl (C=O) groups is 2. The second-order valence-electron chi connectivity index (χ2n) is 9.63. The number of nitrogens with zero attached hydrogens (tertiary/aromatic N) is 2. The van der Waals surface area contributed by atoms with Crippen LogP contribution in [-0.2, 0) is 16.1 Å². The fourth-order valence-corrected chi connectivity index (χ4v) is 5.34. The molecule has 4 aromatic rings. The predicted molar refractivity (Wildman–Crippen MR) is 152 cm³/mol. The van der Waals surface area contributed by atoms with Crippen molar-refractivity contribution in [2.24, 2.45) is 5.73 Å². The summed E-state index contributed by atoms with van der Waals surface area (Å²) < 4.78 is 0. The van der Waals surface area contributed by atoms with E-state index in [4.69, 9.17) is 17.3 Å². The maximum atomic E-state index is 13.9. The minimum absolute atomic E-state index is 0.0911. The highest BCUT2D eigenvalue weighted by Gasteiger charge is 2.35. The average Bonchev–Trinajstić information content (AvgIpc) is 3.37. The second kappa shape index (κ2) is 11.8. The molecule has 1 saturated heterocycles. The van der Waals surface area contributed by atoms with Gasteiger partial charge in [-0.3, -0.25) is 14.5 Å². The number of ketones is 1. The molecular weight excluding hydrogens is 498 g/mol. The fourth-order valence-electron chi connectivity index (χ4n) is 5.14. The van der Waals surface area contributed by atoms with Crippen LogP contribution in [0.3, 0.4) is 0 Å². The van der Waals surface area contributed by atoms with Crippen LogP contribution in [-0.4, -0.2) is 53.8 Å². The maximum absolute atomic E-state index is 13.9. The summed E-state index contributed by atoms with van der Waals surface area (Å²) >= 11 is 6.20. The summed E-state index contributed by atoms with van der Waals surface area (Å²) in [5, 5.41) is 4.43. The minimum atomic E-state index is -0.938. The molecule has 1 amide bonds. The number of carbonyl (C=O) groups excluding carboxylic acids is 2. The summed E-state index contributed by atoms with van der Waals surface area (Å²) in [5.41, 5.74) is 10.3. The zero-order valence-electron chi connectivity index (χ0n) is 21.1. The minimum Gasteiger partial charge on any atom is -0.369 e. The van der Waals surface area contributed by atoms with Gasteiger partial charge in [-0.05, 0) is 29.8 Å². The van der Waals surface area contributed by atoms with Gasteiger partial charge in [-0.15, -0.1) is 0 Å². The SMILES string of the molecule is NC(CC(=O)NCc1ccccc1Cl)C(=O)C(c1c[nH]c2ccccc12)N1CCN(c2ccccc2)CC1. The Labute approximate surface area is 227 Å². The third-order valence-corrected chi connectivity index (χ3v) is 7.56. The van der Waals surface area contributed by atoms with Gasteiger partial charge in [0, 0.05) is 72.5 Å². The lowest BCUT2D eigenvalue weighted by Crippen LogP contribution is -2.52. The van der Waals surface area contributed by atoms with Gasteiger partial charge in [0.15, 0.2) is 5.78 Å². The Hall–Kier alpha value is -3.65. The quantitative estimate of drug-likeness (QED) is 0.301. The summed E-state index contributed by atoms with van der Waals surface area (Å²) in [6.45, 7) is 3.28.